The second-order valence-corrected chi connectivity index (χ2v) is 6.61. The third-order valence-electron chi connectivity index (χ3n) is 5.14. The van der Waals surface area contributed by atoms with Crippen LogP contribution in [0.4, 0.5) is 0 Å². The Balaban J connectivity index is 1.78. The van der Waals surface area contributed by atoms with Gasteiger partial charge in [0.1, 0.15) is 5.60 Å². The molecule has 3 rings (SSSR count). The van der Waals surface area contributed by atoms with E-state index in [0.29, 0.717) is 5.92 Å². The van der Waals surface area contributed by atoms with Crippen molar-refractivity contribution in [2.45, 2.75) is 69.4 Å². The minimum Gasteiger partial charge on any atom is -0.370 e. The summed E-state index contributed by atoms with van der Waals surface area (Å²) >= 11 is 0. The van der Waals surface area contributed by atoms with E-state index in [1.165, 1.54) is 0 Å². The smallest absolute Gasteiger partial charge is 0.229 e. The van der Waals surface area contributed by atoms with Gasteiger partial charge in [-0.25, -0.2) is 0 Å². The van der Waals surface area contributed by atoms with Gasteiger partial charge >= 0.3 is 0 Å². The molecule has 1 heterocycles. The van der Waals surface area contributed by atoms with Crippen molar-refractivity contribution in [3.05, 3.63) is 11.7 Å². The Morgan fingerprint density at radius 2 is 2.00 bits per heavy atom. The lowest BCUT2D eigenvalue weighted by Gasteiger charge is -2.35. The van der Waals surface area contributed by atoms with Crippen LogP contribution >= 0.6 is 0 Å². The number of hydrogen-bond acceptors (Lipinski definition) is 5. The number of ether oxygens (including phenoxy) is 1. The summed E-state index contributed by atoms with van der Waals surface area (Å²) in [6, 6.07) is 0.280. The Kier molecular flexibility index (Phi) is 3.82. The van der Waals surface area contributed by atoms with Gasteiger partial charge in [0, 0.05) is 19.1 Å². The van der Waals surface area contributed by atoms with Crippen LogP contribution in [0.25, 0.3) is 0 Å². The van der Waals surface area contributed by atoms with Crippen LogP contribution in [0.3, 0.4) is 0 Å². The van der Waals surface area contributed by atoms with Gasteiger partial charge in [-0.2, -0.15) is 4.98 Å². The second kappa shape index (κ2) is 5.45. The highest BCUT2D eigenvalue weighted by atomic mass is 16.5. The van der Waals surface area contributed by atoms with Crippen LogP contribution in [0.1, 0.15) is 69.5 Å². The first-order valence-corrected chi connectivity index (χ1v) is 7.78. The van der Waals surface area contributed by atoms with Crippen LogP contribution in [0.5, 0.6) is 0 Å². The summed E-state index contributed by atoms with van der Waals surface area (Å²) in [6.45, 7) is 2.29. The molecular formula is C15H25N3O2. The lowest BCUT2D eigenvalue weighted by atomic mass is 9.79. The maximum atomic E-state index is 5.96. The summed E-state index contributed by atoms with van der Waals surface area (Å²) in [5.74, 6) is 2.59. The van der Waals surface area contributed by atoms with E-state index in [9.17, 15) is 0 Å². The maximum Gasteiger partial charge on any atom is 0.229 e. The molecule has 5 nitrogen and oxygen atoms in total. The van der Waals surface area contributed by atoms with Crippen LogP contribution in [0.2, 0.25) is 0 Å². The zero-order chi connectivity index (χ0) is 14.2. The molecule has 1 aromatic heterocycles. The van der Waals surface area contributed by atoms with E-state index in [2.05, 4.69) is 17.1 Å². The summed E-state index contributed by atoms with van der Waals surface area (Å²) in [4.78, 5) is 4.66. The minimum absolute atomic E-state index is 0.280. The first-order valence-electron chi connectivity index (χ1n) is 7.78. The Morgan fingerprint density at radius 1 is 1.25 bits per heavy atom. The van der Waals surface area contributed by atoms with Crippen molar-refractivity contribution < 1.29 is 9.26 Å². The third-order valence-corrected chi connectivity index (χ3v) is 5.14. The topological polar surface area (TPSA) is 74.2 Å². The van der Waals surface area contributed by atoms with Gasteiger partial charge < -0.3 is 15.0 Å². The molecule has 0 aromatic carbocycles. The van der Waals surface area contributed by atoms with Crippen molar-refractivity contribution in [2.75, 3.05) is 7.11 Å². The monoisotopic (exact) mass is 279 g/mol. The molecule has 0 saturated heterocycles. The standard InChI is InChI=1S/C15H25N3O2/c1-10-5-7-15(19-2,8-6-10)14-17-13(20-18-14)11-3-4-12(16)9-11/h10-12H,3-9,16H2,1-2H3/t10?,11-,12+,15?/m1/s1. The Morgan fingerprint density at radius 3 is 2.60 bits per heavy atom. The van der Waals surface area contributed by atoms with Crippen molar-refractivity contribution >= 4 is 0 Å². The van der Waals surface area contributed by atoms with Gasteiger partial charge in [0.25, 0.3) is 0 Å². The normalized spacial score (nSPS) is 38.2. The van der Waals surface area contributed by atoms with Gasteiger partial charge in [-0.15, -0.1) is 0 Å². The van der Waals surface area contributed by atoms with Crippen molar-refractivity contribution in [3.63, 3.8) is 0 Å². The summed E-state index contributed by atoms with van der Waals surface area (Å²) in [6.07, 6.45) is 7.34. The summed E-state index contributed by atoms with van der Waals surface area (Å²) in [5, 5.41) is 4.23. The molecule has 2 fully saturated rings. The van der Waals surface area contributed by atoms with Gasteiger partial charge in [0.15, 0.2) is 0 Å². The highest BCUT2D eigenvalue weighted by Crippen LogP contribution is 2.41. The molecule has 1 aromatic rings. The molecule has 2 saturated carbocycles. The van der Waals surface area contributed by atoms with Crippen LogP contribution < -0.4 is 5.73 Å². The molecule has 0 amide bonds. The van der Waals surface area contributed by atoms with Crippen molar-refractivity contribution in [1.82, 2.24) is 10.1 Å². The number of hydrogen-bond donors (Lipinski definition) is 1. The van der Waals surface area contributed by atoms with E-state index in [1.807, 2.05) is 0 Å². The quantitative estimate of drug-likeness (QED) is 0.920. The van der Waals surface area contributed by atoms with E-state index in [4.69, 9.17) is 15.0 Å². The number of aromatic nitrogens is 2. The number of methoxy groups -OCH3 is 1. The predicted octanol–water partition coefficient (Wildman–Crippen LogP) is 2.72. The Hall–Kier alpha value is -0.940. The highest BCUT2D eigenvalue weighted by molar-refractivity contribution is 5.07. The van der Waals surface area contributed by atoms with E-state index in [-0.39, 0.29) is 11.6 Å². The summed E-state index contributed by atoms with van der Waals surface area (Å²) in [5.41, 5.74) is 5.63. The summed E-state index contributed by atoms with van der Waals surface area (Å²) in [7, 11) is 1.76. The largest absolute Gasteiger partial charge is 0.370 e. The zero-order valence-corrected chi connectivity index (χ0v) is 12.5. The lowest BCUT2D eigenvalue weighted by molar-refractivity contribution is -0.0609. The Bertz CT molecular complexity index is 452. The van der Waals surface area contributed by atoms with Gasteiger partial charge in [-0.1, -0.05) is 12.1 Å². The fourth-order valence-electron chi connectivity index (χ4n) is 3.57. The fourth-order valence-corrected chi connectivity index (χ4v) is 3.57. The fraction of sp³-hybridized carbons (Fsp3) is 0.867. The average Bonchev–Trinajstić information content (AvgIpc) is 3.09. The molecule has 2 atom stereocenters. The van der Waals surface area contributed by atoms with Crippen LogP contribution in [-0.2, 0) is 10.3 Å². The first-order chi connectivity index (χ1) is 9.63. The van der Waals surface area contributed by atoms with Gasteiger partial charge in [0.2, 0.25) is 11.7 Å². The number of rotatable bonds is 3. The Labute approximate surface area is 120 Å². The molecule has 2 aliphatic rings. The zero-order valence-electron chi connectivity index (χ0n) is 12.5. The number of nitrogens with two attached hydrogens (primary N) is 1. The minimum atomic E-state index is -0.338. The summed E-state index contributed by atoms with van der Waals surface area (Å²) < 4.78 is 11.3. The van der Waals surface area contributed by atoms with Crippen LogP contribution in [0.15, 0.2) is 4.52 Å². The number of nitrogens with zero attached hydrogens (tertiary/aromatic N) is 2. The van der Waals surface area contributed by atoms with Crippen molar-refractivity contribution in [2.24, 2.45) is 11.7 Å². The van der Waals surface area contributed by atoms with E-state index in [0.717, 1.165) is 62.6 Å². The van der Waals surface area contributed by atoms with E-state index < -0.39 is 0 Å². The molecular weight excluding hydrogens is 254 g/mol. The molecule has 0 bridgehead atoms. The van der Waals surface area contributed by atoms with Gasteiger partial charge in [-0.3, -0.25) is 0 Å². The van der Waals surface area contributed by atoms with Gasteiger partial charge in [-0.05, 0) is 50.9 Å². The second-order valence-electron chi connectivity index (χ2n) is 6.61. The molecule has 5 heteroatoms. The maximum absolute atomic E-state index is 5.96. The molecule has 2 N–H and O–H groups in total. The molecule has 20 heavy (non-hydrogen) atoms. The molecule has 0 unspecified atom stereocenters. The van der Waals surface area contributed by atoms with Crippen LogP contribution in [-0.4, -0.2) is 23.3 Å². The predicted molar refractivity (Wildman–Crippen MR) is 75.2 cm³/mol. The van der Waals surface area contributed by atoms with E-state index in [1.54, 1.807) is 7.11 Å². The average molecular weight is 279 g/mol. The van der Waals surface area contributed by atoms with Crippen molar-refractivity contribution in [3.8, 4) is 0 Å². The third kappa shape index (κ3) is 2.49. The van der Waals surface area contributed by atoms with Crippen LogP contribution in [0, 0.1) is 5.92 Å². The molecule has 2 aliphatic carbocycles. The molecule has 112 valence electrons. The molecule has 0 spiro atoms. The SMILES string of the molecule is COC1(c2noc([C@@H]3CC[C@H](N)C3)n2)CCC(C)CC1. The lowest BCUT2D eigenvalue weighted by Crippen LogP contribution is -2.34. The molecule has 0 radical (unpaired) electrons. The van der Waals surface area contributed by atoms with Gasteiger partial charge in [0.05, 0.1) is 0 Å². The van der Waals surface area contributed by atoms with Crippen molar-refractivity contribution in [1.29, 1.82) is 0 Å². The van der Waals surface area contributed by atoms with E-state index >= 15 is 0 Å². The first kappa shape index (κ1) is 14.0. The molecule has 0 aliphatic heterocycles. The highest BCUT2D eigenvalue weighted by Gasteiger charge is 2.41.